The molecule has 29 heavy (non-hydrogen) atoms. The van der Waals surface area contributed by atoms with Crippen LogP contribution in [0.2, 0.25) is 5.02 Å². The highest BCUT2D eigenvalue weighted by molar-refractivity contribution is 6.30. The molecule has 0 aliphatic heterocycles. The zero-order valence-corrected chi connectivity index (χ0v) is 16.9. The molecule has 8 heteroatoms. The quantitative estimate of drug-likeness (QED) is 0.517. The van der Waals surface area contributed by atoms with Crippen molar-refractivity contribution in [2.45, 2.75) is 0 Å². The molecule has 3 aromatic heterocycles. The minimum atomic E-state index is -0.516. The summed E-state index contributed by atoms with van der Waals surface area (Å²) < 4.78 is 16.3. The topological polar surface area (TPSA) is 66.0 Å². The van der Waals surface area contributed by atoms with Gasteiger partial charge in [0.2, 0.25) is 0 Å². The van der Waals surface area contributed by atoms with Crippen molar-refractivity contribution in [3.63, 3.8) is 0 Å². The predicted octanol–water partition coefficient (Wildman–Crippen LogP) is 4.53. The van der Waals surface area contributed by atoms with Crippen molar-refractivity contribution < 1.29 is 4.39 Å². The number of benzene rings is 1. The zero-order chi connectivity index (χ0) is 20.7. The van der Waals surface area contributed by atoms with Gasteiger partial charge in [-0.3, -0.25) is 4.79 Å². The maximum Gasteiger partial charge on any atom is 0.257 e. The number of nitrogens with one attached hydrogen (secondary N) is 2. The summed E-state index contributed by atoms with van der Waals surface area (Å²) in [5.74, 6) is 0.0555. The standard InChI is InChI=1S/C21H19ClFN5O/c1-27(2)20-18(25-17-6-8-24-19-13(17)7-9-28(19)3)11-15(21(29)26-20)14-10-12(22)4-5-16(14)23/h4-11H,1-3H3,(H,24,25)(H,26,29). The summed E-state index contributed by atoms with van der Waals surface area (Å²) in [6, 6.07) is 9.60. The van der Waals surface area contributed by atoms with E-state index in [0.29, 0.717) is 16.5 Å². The number of H-pyrrole nitrogens is 1. The number of halogens is 2. The van der Waals surface area contributed by atoms with Crippen LogP contribution in [0.15, 0.2) is 53.6 Å². The zero-order valence-electron chi connectivity index (χ0n) is 16.1. The fraction of sp³-hybridized carbons (Fsp3) is 0.143. The molecule has 0 spiro atoms. The number of pyridine rings is 2. The third kappa shape index (κ3) is 3.45. The summed E-state index contributed by atoms with van der Waals surface area (Å²) >= 11 is 6.03. The SMILES string of the molecule is CN(C)c1[nH]c(=O)c(-c2cc(Cl)ccc2F)cc1Nc1ccnc2c1ccn2C. The van der Waals surface area contributed by atoms with Gasteiger partial charge in [-0.2, -0.15) is 0 Å². The highest BCUT2D eigenvalue weighted by atomic mass is 35.5. The number of aryl methyl sites for hydroxylation is 1. The second-order valence-corrected chi connectivity index (χ2v) is 7.38. The first kappa shape index (κ1) is 19.0. The smallest absolute Gasteiger partial charge is 0.257 e. The van der Waals surface area contributed by atoms with E-state index < -0.39 is 11.4 Å². The molecule has 0 saturated carbocycles. The van der Waals surface area contributed by atoms with Gasteiger partial charge < -0.3 is 19.8 Å². The number of aromatic amines is 1. The Kier molecular flexibility index (Phi) is 4.76. The molecule has 0 bridgehead atoms. The van der Waals surface area contributed by atoms with Crippen molar-refractivity contribution in [2.24, 2.45) is 7.05 Å². The Balaban J connectivity index is 1.89. The molecule has 4 aromatic rings. The molecule has 0 atom stereocenters. The van der Waals surface area contributed by atoms with Gasteiger partial charge in [0.05, 0.1) is 16.9 Å². The first-order valence-electron chi connectivity index (χ1n) is 8.92. The number of rotatable bonds is 4. The van der Waals surface area contributed by atoms with E-state index in [4.69, 9.17) is 11.6 Å². The number of anilines is 3. The van der Waals surface area contributed by atoms with Crippen LogP contribution in [-0.2, 0) is 7.05 Å². The van der Waals surface area contributed by atoms with Gasteiger partial charge in [-0.05, 0) is 36.4 Å². The molecular formula is C21H19ClFN5O. The van der Waals surface area contributed by atoms with Crippen LogP contribution in [0, 0.1) is 5.82 Å². The lowest BCUT2D eigenvalue weighted by molar-refractivity contribution is 0.631. The van der Waals surface area contributed by atoms with E-state index in [1.807, 2.05) is 44.0 Å². The van der Waals surface area contributed by atoms with Crippen molar-refractivity contribution in [3.05, 3.63) is 70.0 Å². The van der Waals surface area contributed by atoms with Crippen molar-refractivity contribution in [3.8, 4) is 11.1 Å². The van der Waals surface area contributed by atoms with Crippen LogP contribution in [0.4, 0.5) is 21.6 Å². The Labute approximate surface area is 171 Å². The van der Waals surface area contributed by atoms with Crippen LogP contribution >= 0.6 is 11.6 Å². The molecule has 0 fully saturated rings. The molecule has 0 aliphatic carbocycles. The average molecular weight is 412 g/mol. The second-order valence-electron chi connectivity index (χ2n) is 6.94. The van der Waals surface area contributed by atoms with Crippen molar-refractivity contribution in [1.82, 2.24) is 14.5 Å². The van der Waals surface area contributed by atoms with Gasteiger partial charge in [0.1, 0.15) is 17.3 Å². The van der Waals surface area contributed by atoms with E-state index in [9.17, 15) is 9.18 Å². The van der Waals surface area contributed by atoms with Crippen LogP contribution in [-0.4, -0.2) is 28.6 Å². The third-order valence-electron chi connectivity index (χ3n) is 4.72. The maximum atomic E-state index is 14.4. The predicted molar refractivity (Wildman–Crippen MR) is 116 cm³/mol. The summed E-state index contributed by atoms with van der Waals surface area (Å²) in [4.78, 5) is 21.7. The summed E-state index contributed by atoms with van der Waals surface area (Å²) in [5, 5.41) is 4.65. The minimum absolute atomic E-state index is 0.145. The maximum absolute atomic E-state index is 14.4. The monoisotopic (exact) mass is 411 g/mol. The van der Waals surface area contributed by atoms with Crippen molar-refractivity contribution >= 4 is 39.8 Å². The van der Waals surface area contributed by atoms with Gasteiger partial charge >= 0.3 is 0 Å². The van der Waals surface area contributed by atoms with Crippen LogP contribution in [0.25, 0.3) is 22.2 Å². The van der Waals surface area contributed by atoms with E-state index in [0.717, 1.165) is 16.7 Å². The highest BCUT2D eigenvalue weighted by Crippen LogP contribution is 2.32. The van der Waals surface area contributed by atoms with Crippen LogP contribution in [0.1, 0.15) is 0 Å². The van der Waals surface area contributed by atoms with Crippen molar-refractivity contribution in [1.29, 1.82) is 0 Å². The molecule has 0 amide bonds. The van der Waals surface area contributed by atoms with Gasteiger partial charge in [0.15, 0.2) is 0 Å². The molecule has 2 N–H and O–H groups in total. The van der Waals surface area contributed by atoms with Gasteiger partial charge in [-0.25, -0.2) is 9.37 Å². The molecule has 0 unspecified atom stereocenters. The number of hydrogen-bond acceptors (Lipinski definition) is 4. The lowest BCUT2D eigenvalue weighted by atomic mass is 10.1. The molecule has 0 saturated heterocycles. The summed E-state index contributed by atoms with van der Waals surface area (Å²) in [7, 11) is 5.56. The van der Waals surface area contributed by atoms with Gasteiger partial charge in [-0.1, -0.05) is 11.6 Å². The fourth-order valence-corrected chi connectivity index (χ4v) is 3.46. The van der Waals surface area contributed by atoms with Crippen LogP contribution < -0.4 is 15.8 Å². The second kappa shape index (κ2) is 7.25. The van der Waals surface area contributed by atoms with Crippen LogP contribution in [0.5, 0.6) is 0 Å². The highest BCUT2D eigenvalue weighted by Gasteiger charge is 2.16. The number of nitrogens with zero attached hydrogens (tertiary/aromatic N) is 3. The number of fused-ring (bicyclic) bond motifs is 1. The Morgan fingerprint density at radius 2 is 1.93 bits per heavy atom. The third-order valence-corrected chi connectivity index (χ3v) is 4.96. The molecule has 6 nitrogen and oxygen atoms in total. The van der Waals surface area contributed by atoms with E-state index in [-0.39, 0.29) is 11.1 Å². The van der Waals surface area contributed by atoms with E-state index in [2.05, 4.69) is 15.3 Å². The van der Waals surface area contributed by atoms with Gasteiger partial charge in [0, 0.05) is 49.5 Å². The molecule has 0 aliphatic rings. The Bertz CT molecular complexity index is 1280. The Morgan fingerprint density at radius 1 is 1.14 bits per heavy atom. The van der Waals surface area contributed by atoms with Gasteiger partial charge in [-0.15, -0.1) is 0 Å². The fourth-order valence-electron chi connectivity index (χ4n) is 3.29. The molecule has 148 valence electrons. The first-order valence-corrected chi connectivity index (χ1v) is 9.30. The molecule has 3 heterocycles. The minimum Gasteiger partial charge on any atom is -0.362 e. The first-order chi connectivity index (χ1) is 13.8. The molecule has 0 radical (unpaired) electrons. The van der Waals surface area contributed by atoms with E-state index in [1.165, 1.54) is 18.2 Å². The summed E-state index contributed by atoms with van der Waals surface area (Å²) in [6.07, 6.45) is 3.64. The lowest BCUT2D eigenvalue weighted by Gasteiger charge is -2.19. The largest absolute Gasteiger partial charge is 0.362 e. The van der Waals surface area contributed by atoms with Crippen LogP contribution in [0.3, 0.4) is 0 Å². The molecule has 1 aromatic carbocycles. The van der Waals surface area contributed by atoms with E-state index >= 15 is 0 Å². The Hall–Kier alpha value is -3.32. The number of aromatic nitrogens is 3. The summed E-state index contributed by atoms with van der Waals surface area (Å²) in [5.41, 5.74) is 2.21. The van der Waals surface area contributed by atoms with Gasteiger partial charge in [0.25, 0.3) is 5.56 Å². The normalized spacial score (nSPS) is 11.1. The number of hydrogen-bond donors (Lipinski definition) is 2. The van der Waals surface area contributed by atoms with E-state index in [1.54, 1.807) is 17.2 Å². The average Bonchev–Trinajstić information content (AvgIpc) is 3.07. The Morgan fingerprint density at radius 3 is 2.69 bits per heavy atom. The summed E-state index contributed by atoms with van der Waals surface area (Å²) in [6.45, 7) is 0. The molecular weight excluding hydrogens is 393 g/mol. The van der Waals surface area contributed by atoms with Crippen molar-refractivity contribution in [2.75, 3.05) is 24.3 Å². The molecule has 4 rings (SSSR count). The lowest BCUT2D eigenvalue weighted by Crippen LogP contribution is -2.20.